The van der Waals surface area contributed by atoms with Gasteiger partial charge in [0.2, 0.25) is 0 Å². The Morgan fingerprint density at radius 1 is 0.743 bits per heavy atom. The smallest absolute Gasteiger partial charge is 0.0575 e. The second-order valence-electron chi connectivity index (χ2n) is 9.81. The molecule has 0 radical (unpaired) electrons. The lowest BCUT2D eigenvalue weighted by Gasteiger charge is -2.17. The normalized spacial score (nSPS) is 12.3. The molecule has 0 spiro atoms. The van der Waals surface area contributed by atoms with Crippen molar-refractivity contribution >= 4 is 23.2 Å². The van der Waals surface area contributed by atoms with Crippen molar-refractivity contribution < 1.29 is 4.74 Å². The second-order valence-corrected chi connectivity index (χ2v) is 10.2. The van der Waals surface area contributed by atoms with Crippen molar-refractivity contribution in [1.29, 1.82) is 0 Å². The lowest BCUT2D eigenvalue weighted by molar-refractivity contribution is 0.0381. The fourth-order valence-corrected chi connectivity index (χ4v) is 4.71. The van der Waals surface area contributed by atoms with E-state index in [0.717, 1.165) is 29.9 Å². The van der Waals surface area contributed by atoms with Crippen molar-refractivity contribution in [3.8, 4) is 0 Å². The summed E-state index contributed by atoms with van der Waals surface area (Å²) in [5.41, 5.74) is 3.66. The van der Waals surface area contributed by atoms with Crippen LogP contribution in [0.25, 0.3) is 6.08 Å². The molecule has 35 heavy (non-hydrogen) atoms. The first-order valence-corrected chi connectivity index (χ1v) is 14.6. The van der Waals surface area contributed by atoms with Crippen molar-refractivity contribution in [3.63, 3.8) is 0 Å². The van der Waals surface area contributed by atoms with Crippen molar-refractivity contribution in [2.75, 3.05) is 6.61 Å². The quantitative estimate of drug-likeness (QED) is 0.0786. The van der Waals surface area contributed by atoms with Crippen LogP contribution in [0, 0.1) is 0 Å². The Labute approximate surface area is 221 Å². The lowest BCUT2D eigenvalue weighted by Crippen LogP contribution is -2.14. The molecule has 0 saturated heterocycles. The van der Waals surface area contributed by atoms with Crippen LogP contribution in [0.4, 0.5) is 0 Å². The van der Waals surface area contributed by atoms with Crippen LogP contribution in [-0.4, -0.2) is 17.6 Å². The number of rotatable bonds is 20. The summed E-state index contributed by atoms with van der Waals surface area (Å²) >= 11 is 5.52. The third-order valence-corrected chi connectivity index (χ3v) is 7.04. The molecule has 0 fully saturated rings. The van der Waals surface area contributed by atoms with Gasteiger partial charge in [-0.15, -0.1) is 0 Å². The maximum atomic E-state index is 6.28. The van der Waals surface area contributed by atoms with E-state index in [4.69, 9.17) is 17.0 Å². The molecule has 1 nitrogen and oxygen atoms in total. The van der Waals surface area contributed by atoms with Crippen LogP contribution in [-0.2, 0) is 11.2 Å². The van der Waals surface area contributed by atoms with Gasteiger partial charge in [-0.1, -0.05) is 151 Å². The van der Waals surface area contributed by atoms with E-state index in [1.807, 2.05) is 24.3 Å². The van der Waals surface area contributed by atoms with E-state index in [-0.39, 0.29) is 0 Å². The zero-order chi connectivity index (χ0) is 25.0. The van der Waals surface area contributed by atoms with Crippen LogP contribution in [0.2, 0.25) is 0 Å². The van der Waals surface area contributed by atoms with Gasteiger partial charge in [0, 0.05) is 11.5 Å². The molecular weight excluding hydrogens is 444 g/mol. The van der Waals surface area contributed by atoms with E-state index < -0.39 is 0 Å². The highest BCUT2D eigenvalue weighted by atomic mass is 32.1. The maximum Gasteiger partial charge on any atom is 0.0575 e. The first-order valence-electron chi connectivity index (χ1n) is 14.2. The Balaban J connectivity index is 1.59. The van der Waals surface area contributed by atoms with Gasteiger partial charge in [0.1, 0.15) is 0 Å². The highest BCUT2D eigenvalue weighted by Crippen LogP contribution is 2.16. The van der Waals surface area contributed by atoms with Crippen molar-refractivity contribution in [3.05, 3.63) is 77.4 Å². The van der Waals surface area contributed by atoms with Gasteiger partial charge in [-0.05, 0) is 48.4 Å². The van der Waals surface area contributed by atoms with E-state index in [1.54, 1.807) is 0 Å². The molecule has 2 heteroatoms. The minimum absolute atomic E-state index is 0.450. The SMILES string of the molecule is CCCCCCCCCCCC(CCC)OCCCc1ccc(C=CC(=S)c2ccccc2)cc1. The van der Waals surface area contributed by atoms with Gasteiger partial charge in [-0.2, -0.15) is 0 Å². The van der Waals surface area contributed by atoms with Crippen molar-refractivity contribution in [2.45, 2.75) is 110 Å². The number of hydrogen-bond donors (Lipinski definition) is 0. The fraction of sp³-hybridized carbons (Fsp3) is 0.545. The Hall–Kier alpha value is -1.77. The van der Waals surface area contributed by atoms with Gasteiger partial charge in [0.15, 0.2) is 0 Å². The average molecular weight is 493 g/mol. The predicted molar refractivity (Wildman–Crippen MR) is 158 cm³/mol. The number of aryl methyl sites for hydroxylation is 1. The zero-order valence-corrected chi connectivity index (χ0v) is 23.2. The summed E-state index contributed by atoms with van der Waals surface area (Å²) in [7, 11) is 0. The third-order valence-electron chi connectivity index (χ3n) is 6.67. The van der Waals surface area contributed by atoms with Gasteiger partial charge in [0.25, 0.3) is 0 Å². The van der Waals surface area contributed by atoms with Crippen molar-refractivity contribution in [1.82, 2.24) is 0 Å². The first-order chi connectivity index (χ1) is 17.2. The molecule has 0 N–H and O–H groups in total. The monoisotopic (exact) mass is 492 g/mol. The second kappa shape index (κ2) is 19.4. The van der Waals surface area contributed by atoms with Crippen LogP contribution in [0.15, 0.2) is 60.7 Å². The number of hydrogen-bond acceptors (Lipinski definition) is 2. The number of unbranched alkanes of at least 4 members (excludes halogenated alkanes) is 8. The molecule has 0 aliphatic rings. The van der Waals surface area contributed by atoms with Gasteiger partial charge in [-0.3, -0.25) is 0 Å². The van der Waals surface area contributed by atoms with E-state index in [9.17, 15) is 0 Å². The molecule has 2 rings (SSSR count). The molecule has 1 unspecified atom stereocenters. The standard InChI is InChI=1S/C33H48OS/c1-3-5-6-7-8-9-10-11-15-21-32(17-4-2)34-28-16-18-29-22-24-30(25-23-29)26-27-33(35)31-19-13-12-14-20-31/h12-14,19-20,22-27,32H,3-11,15-18,21,28H2,1-2H3. The van der Waals surface area contributed by atoms with Crippen LogP contribution < -0.4 is 0 Å². The van der Waals surface area contributed by atoms with Crippen LogP contribution in [0.5, 0.6) is 0 Å². The number of thiocarbonyl (C=S) groups is 1. The number of ether oxygens (including phenoxy) is 1. The summed E-state index contributed by atoms with van der Waals surface area (Å²) < 4.78 is 6.28. The maximum absolute atomic E-state index is 6.28. The topological polar surface area (TPSA) is 9.23 Å². The Morgan fingerprint density at radius 3 is 2.06 bits per heavy atom. The molecule has 0 heterocycles. The average Bonchev–Trinajstić information content (AvgIpc) is 2.89. The molecule has 0 bridgehead atoms. The minimum atomic E-state index is 0.450. The third kappa shape index (κ3) is 13.8. The molecule has 2 aromatic carbocycles. The summed E-state index contributed by atoms with van der Waals surface area (Å²) in [6.07, 6.45) is 22.9. The van der Waals surface area contributed by atoms with Crippen molar-refractivity contribution in [2.24, 2.45) is 0 Å². The molecule has 1 atom stereocenters. The highest BCUT2D eigenvalue weighted by molar-refractivity contribution is 7.81. The number of benzene rings is 2. The Kier molecular flexibility index (Phi) is 16.3. The van der Waals surface area contributed by atoms with Gasteiger partial charge >= 0.3 is 0 Å². The molecule has 0 aliphatic heterocycles. The Morgan fingerprint density at radius 2 is 1.40 bits per heavy atom. The van der Waals surface area contributed by atoms with Gasteiger partial charge in [0.05, 0.1) is 6.10 Å². The van der Waals surface area contributed by atoms with E-state index in [2.05, 4.69) is 56.3 Å². The first kappa shape index (κ1) is 29.5. The molecule has 2 aromatic rings. The van der Waals surface area contributed by atoms with Crippen LogP contribution >= 0.6 is 12.2 Å². The lowest BCUT2D eigenvalue weighted by atomic mass is 10.0. The summed E-state index contributed by atoms with van der Waals surface area (Å²) in [5, 5.41) is 0. The molecule has 0 aromatic heterocycles. The fourth-order valence-electron chi connectivity index (χ4n) is 4.51. The molecular formula is C33H48OS. The highest BCUT2D eigenvalue weighted by Gasteiger charge is 2.08. The Bertz CT molecular complexity index is 809. The van der Waals surface area contributed by atoms with E-state index >= 15 is 0 Å². The molecule has 0 amide bonds. The zero-order valence-electron chi connectivity index (χ0n) is 22.4. The van der Waals surface area contributed by atoms with E-state index in [0.29, 0.717) is 6.10 Å². The minimum Gasteiger partial charge on any atom is -0.378 e. The summed E-state index contributed by atoms with van der Waals surface area (Å²) in [4.78, 5) is 0.871. The summed E-state index contributed by atoms with van der Waals surface area (Å²) in [6, 6.07) is 19.0. The largest absolute Gasteiger partial charge is 0.378 e. The molecule has 192 valence electrons. The molecule has 0 aliphatic carbocycles. The predicted octanol–water partition coefficient (Wildman–Crippen LogP) is 10.2. The summed E-state index contributed by atoms with van der Waals surface area (Å²) in [5.74, 6) is 0. The van der Waals surface area contributed by atoms with Crippen LogP contribution in [0.3, 0.4) is 0 Å². The van der Waals surface area contributed by atoms with Gasteiger partial charge in [-0.25, -0.2) is 0 Å². The van der Waals surface area contributed by atoms with Gasteiger partial charge < -0.3 is 4.74 Å². The number of allylic oxidation sites excluding steroid dienone is 1. The molecule has 0 saturated carbocycles. The van der Waals surface area contributed by atoms with Crippen LogP contribution in [0.1, 0.15) is 114 Å². The summed E-state index contributed by atoms with van der Waals surface area (Å²) in [6.45, 7) is 5.43. The van der Waals surface area contributed by atoms with E-state index in [1.165, 1.54) is 88.2 Å².